The molecule has 0 unspecified atom stereocenters. The van der Waals surface area contributed by atoms with E-state index in [0.717, 1.165) is 28.2 Å². The zero-order chi connectivity index (χ0) is 22.1. The molecule has 0 aliphatic rings. The van der Waals surface area contributed by atoms with Crippen LogP contribution in [0.4, 0.5) is 13.2 Å². The summed E-state index contributed by atoms with van der Waals surface area (Å²) in [7, 11) is -4.13. The molecule has 0 bridgehead atoms. The number of halogens is 3. The topological polar surface area (TPSA) is 125 Å². The molecule has 0 aliphatic carbocycles. The summed E-state index contributed by atoms with van der Waals surface area (Å²) in [5.74, 6) is -0.786. The molecule has 0 saturated carbocycles. The Kier molecular flexibility index (Phi) is 5.44. The fraction of sp³-hybridized carbons (Fsp3) is 0.111. The highest BCUT2D eigenvalue weighted by molar-refractivity contribution is 7.90. The van der Waals surface area contributed by atoms with Crippen LogP contribution in [-0.2, 0) is 10.0 Å². The number of aromatic nitrogens is 1. The summed E-state index contributed by atoms with van der Waals surface area (Å²) in [6.07, 6.45) is -3.53. The number of nitrogens with zero attached hydrogens (tertiary/aromatic N) is 3. The highest BCUT2D eigenvalue weighted by Crippen LogP contribution is 2.28. The van der Waals surface area contributed by atoms with E-state index in [1.165, 1.54) is 6.20 Å². The van der Waals surface area contributed by atoms with E-state index < -0.39 is 22.1 Å². The molecule has 4 N–H and O–H groups in total. The van der Waals surface area contributed by atoms with Crippen molar-refractivity contribution in [3.05, 3.63) is 60.3 Å². The standard InChI is InChI=1S/C18H16F3N5O3S/c1-11(24-25-17(22)23)15-10-26(16-5-3-2-4-14(15)16)30(27,28)13-8-6-12(7-9-13)29-18(19,20)21/h2-10H,1H3,(H4,22,23,25)/b24-11-. The number of hydrogen-bond donors (Lipinski definition) is 2. The summed E-state index contributed by atoms with van der Waals surface area (Å²) < 4.78 is 68.1. The number of nitrogens with two attached hydrogens (primary N) is 2. The molecule has 3 rings (SSSR count). The molecule has 0 atom stereocenters. The lowest BCUT2D eigenvalue weighted by atomic mass is 10.1. The van der Waals surface area contributed by atoms with Crippen molar-refractivity contribution in [2.24, 2.45) is 21.7 Å². The van der Waals surface area contributed by atoms with Crippen LogP contribution in [0.3, 0.4) is 0 Å². The Morgan fingerprint density at radius 1 is 1.03 bits per heavy atom. The zero-order valence-corrected chi connectivity index (χ0v) is 16.3. The van der Waals surface area contributed by atoms with Gasteiger partial charge in [0.1, 0.15) is 5.75 Å². The number of para-hydroxylation sites is 1. The molecule has 1 aromatic heterocycles. The van der Waals surface area contributed by atoms with Crippen LogP contribution < -0.4 is 16.2 Å². The first kappa shape index (κ1) is 21.2. The van der Waals surface area contributed by atoms with Crippen molar-refractivity contribution in [3.8, 4) is 5.75 Å². The largest absolute Gasteiger partial charge is 0.573 e. The van der Waals surface area contributed by atoms with Gasteiger partial charge < -0.3 is 16.2 Å². The van der Waals surface area contributed by atoms with Gasteiger partial charge in [0.25, 0.3) is 10.0 Å². The van der Waals surface area contributed by atoms with Gasteiger partial charge in [0.05, 0.1) is 16.1 Å². The van der Waals surface area contributed by atoms with Crippen molar-refractivity contribution in [2.45, 2.75) is 18.2 Å². The molecule has 0 radical (unpaired) electrons. The molecule has 0 spiro atoms. The third-order valence-corrected chi connectivity index (χ3v) is 5.69. The first-order valence-electron chi connectivity index (χ1n) is 8.34. The Bertz CT molecular complexity index is 1240. The van der Waals surface area contributed by atoms with Crippen LogP contribution in [0.25, 0.3) is 10.9 Å². The summed E-state index contributed by atoms with van der Waals surface area (Å²) >= 11 is 0. The van der Waals surface area contributed by atoms with Crippen LogP contribution >= 0.6 is 0 Å². The van der Waals surface area contributed by atoms with Crippen molar-refractivity contribution in [1.29, 1.82) is 0 Å². The maximum Gasteiger partial charge on any atom is 0.573 e. The third-order valence-electron chi connectivity index (χ3n) is 4.00. The van der Waals surface area contributed by atoms with Gasteiger partial charge in [-0.25, -0.2) is 12.4 Å². The number of ether oxygens (including phenoxy) is 1. The Hall–Kier alpha value is -3.54. The number of guanidine groups is 1. The van der Waals surface area contributed by atoms with Gasteiger partial charge in [0.15, 0.2) is 0 Å². The number of benzene rings is 2. The van der Waals surface area contributed by atoms with Gasteiger partial charge in [-0.3, -0.25) is 0 Å². The maximum absolute atomic E-state index is 13.1. The van der Waals surface area contributed by atoms with Crippen LogP contribution in [-0.4, -0.2) is 30.4 Å². The maximum atomic E-state index is 13.1. The minimum Gasteiger partial charge on any atom is -0.406 e. The first-order chi connectivity index (χ1) is 14.0. The average Bonchev–Trinajstić information content (AvgIpc) is 3.06. The minimum atomic E-state index is -4.88. The van der Waals surface area contributed by atoms with Crippen molar-refractivity contribution in [3.63, 3.8) is 0 Å². The van der Waals surface area contributed by atoms with E-state index in [0.29, 0.717) is 22.2 Å². The molecule has 0 fully saturated rings. The van der Waals surface area contributed by atoms with Gasteiger partial charge in [-0.05, 0) is 37.3 Å². The third kappa shape index (κ3) is 4.38. The molecule has 0 amide bonds. The molecule has 0 aliphatic heterocycles. The van der Waals surface area contributed by atoms with Gasteiger partial charge in [-0.1, -0.05) is 18.2 Å². The van der Waals surface area contributed by atoms with Crippen LogP contribution in [0.1, 0.15) is 12.5 Å². The summed E-state index contributed by atoms with van der Waals surface area (Å²) in [6, 6.07) is 10.6. The van der Waals surface area contributed by atoms with Crippen molar-refractivity contribution >= 4 is 32.6 Å². The summed E-state index contributed by atoms with van der Waals surface area (Å²) in [5, 5.41) is 8.03. The lowest BCUT2D eigenvalue weighted by molar-refractivity contribution is -0.274. The highest BCUT2D eigenvalue weighted by Gasteiger charge is 2.31. The first-order valence-corrected chi connectivity index (χ1v) is 9.78. The van der Waals surface area contributed by atoms with Crippen molar-refractivity contribution in [1.82, 2.24) is 3.97 Å². The second-order valence-electron chi connectivity index (χ2n) is 6.09. The van der Waals surface area contributed by atoms with Gasteiger partial charge in [0, 0.05) is 17.1 Å². The molecule has 0 saturated heterocycles. The van der Waals surface area contributed by atoms with Gasteiger partial charge in [0.2, 0.25) is 5.96 Å². The van der Waals surface area contributed by atoms with Crippen LogP contribution in [0.2, 0.25) is 0 Å². The normalized spacial score (nSPS) is 12.7. The van der Waals surface area contributed by atoms with E-state index in [1.807, 2.05) is 0 Å². The Labute approximate surface area is 169 Å². The molecular formula is C18H16F3N5O3S. The fourth-order valence-electron chi connectivity index (χ4n) is 2.75. The number of hydrogen-bond acceptors (Lipinski definition) is 5. The van der Waals surface area contributed by atoms with E-state index in [4.69, 9.17) is 11.5 Å². The summed E-state index contributed by atoms with van der Waals surface area (Å²) in [5.41, 5.74) is 11.7. The highest BCUT2D eigenvalue weighted by atomic mass is 32.2. The number of alkyl halides is 3. The van der Waals surface area contributed by atoms with Crippen LogP contribution in [0.15, 0.2) is 69.8 Å². The lowest BCUT2D eigenvalue weighted by Gasteiger charge is -2.10. The minimum absolute atomic E-state index is 0.219. The average molecular weight is 439 g/mol. The van der Waals surface area contributed by atoms with Crippen molar-refractivity contribution < 1.29 is 26.3 Å². The Balaban J connectivity index is 2.10. The zero-order valence-electron chi connectivity index (χ0n) is 15.5. The molecule has 1 heterocycles. The molecular weight excluding hydrogens is 423 g/mol. The second-order valence-corrected chi connectivity index (χ2v) is 7.91. The molecule has 8 nitrogen and oxygen atoms in total. The predicted octanol–water partition coefficient (Wildman–Crippen LogP) is 2.77. The molecule has 30 heavy (non-hydrogen) atoms. The Morgan fingerprint density at radius 2 is 1.67 bits per heavy atom. The second kappa shape index (κ2) is 7.71. The van der Waals surface area contributed by atoms with E-state index in [1.54, 1.807) is 31.2 Å². The molecule has 3 aromatic rings. The lowest BCUT2D eigenvalue weighted by Crippen LogP contribution is -2.22. The fourth-order valence-corrected chi connectivity index (χ4v) is 4.12. The molecule has 158 valence electrons. The number of rotatable bonds is 5. The number of fused-ring (bicyclic) bond motifs is 1. The SMILES string of the molecule is C/C(=N/N=C(N)N)c1cn(S(=O)(=O)c2ccc(OC(F)(F)F)cc2)c2ccccc12. The van der Waals surface area contributed by atoms with Gasteiger partial charge in [-0.2, -0.15) is 5.10 Å². The smallest absolute Gasteiger partial charge is 0.406 e. The van der Waals surface area contributed by atoms with Gasteiger partial charge >= 0.3 is 6.36 Å². The quantitative estimate of drug-likeness (QED) is 0.359. The van der Waals surface area contributed by atoms with Gasteiger partial charge in [-0.15, -0.1) is 18.3 Å². The van der Waals surface area contributed by atoms with Crippen LogP contribution in [0.5, 0.6) is 5.75 Å². The van der Waals surface area contributed by atoms with Crippen molar-refractivity contribution in [2.75, 3.05) is 0 Å². The predicted molar refractivity (Wildman–Crippen MR) is 106 cm³/mol. The van der Waals surface area contributed by atoms with E-state index in [-0.39, 0.29) is 10.9 Å². The molecule has 2 aromatic carbocycles. The summed E-state index contributed by atoms with van der Waals surface area (Å²) in [4.78, 5) is -0.219. The van der Waals surface area contributed by atoms with Crippen LogP contribution in [0, 0.1) is 0 Å². The van der Waals surface area contributed by atoms with E-state index >= 15 is 0 Å². The molecule has 12 heteroatoms. The monoisotopic (exact) mass is 439 g/mol. The Morgan fingerprint density at radius 3 is 2.27 bits per heavy atom. The van der Waals surface area contributed by atoms with E-state index in [2.05, 4.69) is 14.9 Å². The van der Waals surface area contributed by atoms with E-state index in [9.17, 15) is 21.6 Å². The summed E-state index contributed by atoms with van der Waals surface area (Å²) in [6.45, 7) is 1.61.